The summed E-state index contributed by atoms with van der Waals surface area (Å²) in [5, 5.41) is 7.10. The van der Waals surface area contributed by atoms with E-state index in [9.17, 15) is 4.79 Å². The van der Waals surface area contributed by atoms with E-state index in [4.69, 9.17) is 4.74 Å². The van der Waals surface area contributed by atoms with Crippen LogP contribution < -0.4 is 4.74 Å². The third-order valence-electron chi connectivity index (χ3n) is 5.34. The SMILES string of the molecule is COc1ccccc1[C@@H]1C[C@H]1C(=O)N1CCC[C@H](c2ccn[nH]2)C1. The maximum atomic E-state index is 12.9. The monoisotopic (exact) mass is 325 g/mol. The first kappa shape index (κ1) is 15.2. The molecule has 1 N–H and O–H groups in total. The number of carbonyl (C=O) groups is 1. The number of aromatic amines is 1. The number of piperidine rings is 1. The Morgan fingerprint density at radius 1 is 1.33 bits per heavy atom. The van der Waals surface area contributed by atoms with Crippen LogP contribution in [0.25, 0.3) is 0 Å². The minimum Gasteiger partial charge on any atom is -0.496 e. The van der Waals surface area contributed by atoms with Crippen molar-refractivity contribution in [1.29, 1.82) is 0 Å². The highest BCUT2D eigenvalue weighted by atomic mass is 16.5. The van der Waals surface area contributed by atoms with E-state index in [0.29, 0.717) is 17.7 Å². The van der Waals surface area contributed by atoms with Gasteiger partial charge in [0.1, 0.15) is 5.75 Å². The Balaban J connectivity index is 1.43. The second-order valence-corrected chi connectivity index (χ2v) is 6.83. The van der Waals surface area contributed by atoms with Crippen LogP contribution in [0.2, 0.25) is 0 Å². The van der Waals surface area contributed by atoms with Crippen LogP contribution in [0.5, 0.6) is 5.75 Å². The molecule has 0 radical (unpaired) electrons. The number of likely N-dealkylation sites (tertiary alicyclic amines) is 1. The van der Waals surface area contributed by atoms with Gasteiger partial charge in [0.2, 0.25) is 5.91 Å². The van der Waals surface area contributed by atoms with E-state index in [0.717, 1.165) is 43.8 Å². The number of rotatable bonds is 4. The average Bonchev–Trinajstić information content (AvgIpc) is 3.24. The fourth-order valence-electron chi connectivity index (χ4n) is 3.94. The van der Waals surface area contributed by atoms with Gasteiger partial charge in [-0.25, -0.2) is 0 Å². The van der Waals surface area contributed by atoms with Gasteiger partial charge in [0.05, 0.1) is 7.11 Å². The lowest BCUT2D eigenvalue weighted by Gasteiger charge is -2.32. The molecule has 0 bridgehead atoms. The molecule has 1 aromatic carbocycles. The molecule has 24 heavy (non-hydrogen) atoms. The molecule has 2 aromatic rings. The van der Waals surface area contributed by atoms with Crippen LogP contribution in [-0.2, 0) is 4.79 Å². The van der Waals surface area contributed by atoms with Crippen molar-refractivity contribution in [1.82, 2.24) is 15.1 Å². The number of methoxy groups -OCH3 is 1. The molecule has 1 aliphatic heterocycles. The van der Waals surface area contributed by atoms with Crippen molar-refractivity contribution in [3.8, 4) is 5.75 Å². The molecule has 1 aliphatic carbocycles. The summed E-state index contributed by atoms with van der Waals surface area (Å²) < 4.78 is 5.45. The molecule has 2 fully saturated rings. The number of carbonyl (C=O) groups excluding carboxylic acids is 1. The van der Waals surface area contributed by atoms with Crippen LogP contribution in [0.15, 0.2) is 36.5 Å². The first-order valence-electron chi connectivity index (χ1n) is 8.69. The first-order chi connectivity index (χ1) is 11.8. The standard InChI is InChI=1S/C19H23N3O2/c1-24-18-7-3-2-6-14(18)15-11-16(15)19(23)22-10-4-5-13(12-22)17-8-9-20-21-17/h2-3,6-9,13,15-16H,4-5,10-12H2,1H3,(H,20,21)/t13-,15-,16+/m0/s1. The van der Waals surface area contributed by atoms with E-state index in [1.54, 1.807) is 13.3 Å². The Labute approximate surface area is 142 Å². The van der Waals surface area contributed by atoms with Gasteiger partial charge in [0.25, 0.3) is 0 Å². The summed E-state index contributed by atoms with van der Waals surface area (Å²) in [4.78, 5) is 15.0. The van der Waals surface area contributed by atoms with Crippen molar-refractivity contribution in [3.05, 3.63) is 47.8 Å². The van der Waals surface area contributed by atoms with Gasteiger partial charge >= 0.3 is 0 Å². The quantitative estimate of drug-likeness (QED) is 0.940. The molecule has 2 heterocycles. The first-order valence-corrected chi connectivity index (χ1v) is 8.69. The number of nitrogens with one attached hydrogen (secondary N) is 1. The molecule has 1 saturated carbocycles. The summed E-state index contributed by atoms with van der Waals surface area (Å²) in [6.45, 7) is 1.68. The van der Waals surface area contributed by atoms with Gasteiger partial charge in [-0.1, -0.05) is 18.2 Å². The number of H-pyrrole nitrogens is 1. The van der Waals surface area contributed by atoms with Crippen molar-refractivity contribution >= 4 is 5.91 Å². The Morgan fingerprint density at radius 3 is 3.00 bits per heavy atom. The lowest BCUT2D eigenvalue weighted by Crippen LogP contribution is -2.40. The zero-order chi connectivity index (χ0) is 16.5. The van der Waals surface area contributed by atoms with Crippen LogP contribution in [0.1, 0.15) is 42.4 Å². The predicted molar refractivity (Wildman–Crippen MR) is 91.0 cm³/mol. The number of hydrogen-bond donors (Lipinski definition) is 1. The molecule has 5 heteroatoms. The molecule has 2 aliphatic rings. The van der Waals surface area contributed by atoms with Crippen molar-refractivity contribution in [2.75, 3.05) is 20.2 Å². The Morgan fingerprint density at radius 2 is 2.21 bits per heavy atom. The molecule has 4 rings (SSSR count). The Bertz CT molecular complexity index is 713. The maximum absolute atomic E-state index is 12.9. The summed E-state index contributed by atoms with van der Waals surface area (Å²) in [5.41, 5.74) is 2.31. The van der Waals surface area contributed by atoms with Gasteiger partial charge in [-0.15, -0.1) is 0 Å². The van der Waals surface area contributed by atoms with Crippen molar-refractivity contribution in [3.63, 3.8) is 0 Å². The highest BCUT2D eigenvalue weighted by molar-refractivity contribution is 5.83. The number of amides is 1. The van der Waals surface area contributed by atoms with E-state index in [2.05, 4.69) is 21.2 Å². The van der Waals surface area contributed by atoms with Gasteiger partial charge in [-0.2, -0.15) is 5.10 Å². The number of hydrogen-bond acceptors (Lipinski definition) is 3. The number of benzene rings is 1. The lowest BCUT2D eigenvalue weighted by molar-refractivity contribution is -0.133. The van der Waals surface area contributed by atoms with Crippen molar-refractivity contribution in [2.24, 2.45) is 5.92 Å². The lowest BCUT2D eigenvalue weighted by atomic mass is 9.94. The predicted octanol–water partition coefficient (Wildman–Crippen LogP) is 2.93. The number of para-hydroxylation sites is 1. The van der Waals surface area contributed by atoms with Crippen LogP contribution >= 0.6 is 0 Å². The van der Waals surface area contributed by atoms with E-state index < -0.39 is 0 Å². The topological polar surface area (TPSA) is 58.2 Å². The fourth-order valence-corrected chi connectivity index (χ4v) is 3.94. The molecule has 1 saturated heterocycles. The van der Waals surface area contributed by atoms with E-state index in [1.807, 2.05) is 24.3 Å². The van der Waals surface area contributed by atoms with Gasteiger partial charge in [0.15, 0.2) is 0 Å². The smallest absolute Gasteiger partial charge is 0.226 e. The van der Waals surface area contributed by atoms with Crippen LogP contribution in [0.3, 0.4) is 0 Å². The molecule has 3 atom stereocenters. The zero-order valence-electron chi connectivity index (χ0n) is 13.9. The van der Waals surface area contributed by atoms with Gasteiger partial charge in [0, 0.05) is 36.8 Å². The van der Waals surface area contributed by atoms with E-state index in [-0.39, 0.29) is 5.92 Å². The second kappa shape index (κ2) is 6.30. The largest absolute Gasteiger partial charge is 0.496 e. The normalized spacial score (nSPS) is 26.2. The number of aromatic nitrogens is 2. The molecule has 0 unspecified atom stereocenters. The summed E-state index contributed by atoms with van der Waals surface area (Å²) in [5.74, 6) is 2.00. The minimum atomic E-state index is 0.113. The van der Waals surface area contributed by atoms with E-state index in [1.165, 1.54) is 5.56 Å². The Kier molecular flexibility index (Phi) is 4.00. The van der Waals surface area contributed by atoms with Crippen molar-refractivity contribution in [2.45, 2.75) is 31.1 Å². The summed E-state index contributed by atoms with van der Waals surface area (Å²) in [7, 11) is 1.69. The average molecular weight is 325 g/mol. The number of nitrogens with zero attached hydrogens (tertiary/aromatic N) is 2. The van der Waals surface area contributed by atoms with Crippen LogP contribution in [-0.4, -0.2) is 41.2 Å². The summed E-state index contributed by atoms with van der Waals surface area (Å²) in [6.07, 6.45) is 4.90. The fraction of sp³-hybridized carbons (Fsp3) is 0.474. The molecule has 0 spiro atoms. The van der Waals surface area contributed by atoms with Gasteiger partial charge in [-0.3, -0.25) is 9.89 Å². The van der Waals surface area contributed by atoms with Crippen LogP contribution in [0.4, 0.5) is 0 Å². The number of ether oxygens (including phenoxy) is 1. The van der Waals surface area contributed by atoms with Crippen molar-refractivity contribution < 1.29 is 9.53 Å². The highest BCUT2D eigenvalue weighted by Crippen LogP contribution is 2.51. The zero-order valence-corrected chi connectivity index (χ0v) is 13.9. The second-order valence-electron chi connectivity index (χ2n) is 6.83. The molecule has 1 amide bonds. The summed E-state index contributed by atoms with van der Waals surface area (Å²) in [6, 6.07) is 10.1. The molecule has 1 aromatic heterocycles. The minimum absolute atomic E-state index is 0.113. The Hall–Kier alpha value is -2.30. The summed E-state index contributed by atoms with van der Waals surface area (Å²) >= 11 is 0. The van der Waals surface area contributed by atoms with Crippen LogP contribution in [0, 0.1) is 5.92 Å². The van der Waals surface area contributed by atoms with Gasteiger partial charge < -0.3 is 9.64 Å². The van der Waals surface area contributed by atoms with Gasteiger partial charge in [-0.05, 0) is 42.9 Å². The van der Waals surface area contributed by atoms with E-state index >= 15 is 0 Å². The third kappa shape index (κ3) is 2.79. The third-order valence-corrected chi connectivity index (χ3v) is 5.34. The molecule has 5 nitrogen and oxygen atoms in total. The molecule has 126 valence electrons. The molecular weight excluding hydrogens is 302 g/mol. The maximum Gasteiger partial charge on any atom is 0.226 e. The highest BCUT2D eigenvalue weighted by Gasteiger charge is 2.47. The molecular formula is C19H23N3O2.